The molecule has 0 saturated heterocycles. The van der Waals surface area contributed by atoms with E-state index < -0.39 is 8.03 Å². The summed E-state index contributed by atoms with van der Waals surface area (Å²) in [5, 5.41) is 0.797. The van der Waals surface area contributed by atoms with E-state index in [0.717, 1.165) is 10.9 Å². The van der Waals surface area contributed by atoms with Gasteiger partial charge in [-0.3, -0.25) is 0 Å². The van der Waals surface area contributed by atoms with Crippen LogP contribution in [0.1, 0.15) is 159 Å². The Bertz CT molecular complexity index is 1620. The number of hydrogen-bond donors (Lipinski definition) is 0. The van der Waals surface area contributed by atoms with Gasteiger partial charge in [0, 0.05) is 9.13 Å². The predicted octanol–water partition coefficient (Wildman–Crippen LogP) is 14.5. The molecule has 0 amide bonds. The number of rotatable bonds is 11. The molecule has 48 heavy (non-hydrogen) atoms. The van der Waals surface area contributed by atoms with Gasteiger partial charge >= 0.3 is 8.03 Å². The first-order valence-corrected chi connectivity index (χ1v) is 20.2. The highest BCUT2D eigenvalue weighted by molar-refractivity contribution is 14.1. The lowest BCUT2D eigenvalue weighted by Crippen LogP contribution is -2.09. The van der Waals surface area contributed by atoms with Crippen molar-refractivity contribution in [1.82, 2.24) is 0 Å². The van der Waals surface area contributed by atoms with Crippen LogP contribution in [0.3, 0.4) is 0 Å². The van der Waals surface area contributed by atoms with E-state index in [1.807, 2.05) is 25.1 Å². The van der Waals surface area contributed by atoms with Gasteiger partial charge in [-0.1, -0.05) is 138 Å². The van der Waals surface area contributed by atoms with Crippen LogP contribution in [0.25, 0.3) is 22.3 Å². The summed E-state index contributed by atoms with van der Waals surface area (Å²) in [5.74, 6) is 2.89. The maximum atomic E-state index is 12.7. The van der Waals surface area contributed by atoms with Gasteiger partial charge in [0.2, 0.25) is 5.30 Å². The average molecular weight is 778 g/mol. The normalized spacial score (nSPS) is 12.0. The van der Waals surface area contributed by atoms with Crippen LogP contribution >= 0.6 is 30.6 Å². The third kappa shape index (κ3) is 9.67. The zero-order valence-electron chi connectivity index (χ0n) is 31.7. The summed E-state index contributed by atoms with van der Waals surface area (Å²) in [6, 6.07) is 26.3. The summed E-state index contributed by atoms with van der Waals surface area (Å²) in [4.78, 5) is 0. The zero-order chi connectivity index (χ0) is 35.9. The molecule has 1 atom stereocenters. The third-order valence-corrected chi connectivity index (χ3v) is 11.2. The Morgan fingerprint density at radius 2 is 0.896 bits per heavy atom. The molecule has 0 heterocycles. The largest absolute Gasteiger partial charge is 0.549 e. The smallest absolute Gasteiger partial charge is 0.142 e. The highest BCUT2D eigenvalue weighted by atomic mass is 127. The van der Waals surface area contributed by atoms with Gasteiger partial charge in [-0.25, -0.2) is 0 Å². The summed E-state index contributed by atoms with van der Waals surface area (Å²) >= 11 is 2.47. The van der Waals surface area contributed by atoms with Gasteiger partial charge in [-0.15, -0.1) is 4.52 Å². The van der Waals surface area contributed by atoms with Crippen molar-refractivity contribution in [2.24, 2.45) is 0 Å². The van der Waals surface area contributed by atoms with E-state index in [0.29, 0.717) is 42.1 Å². The van der Waals surface area contributed by atoms with Crippen LogP contribution in [0.15, 0.2) is 72.8 Å². The Morgan fingerprint density at radius 1 is 0.542 bits per heavy atom. The van der Waals surface area contributed by atoms with Gasteiger partial charge in [0.25, 0.3) is 0 Å². The molecular weight excluding hydrogens is 718 g/mol. The fourth-order valence-electron chi connectivity index (χ4n) is 6.23. The van der Waals surface area contributed by atoms with Crippen LogP contribution in [-0.4, -0.2) is 6.61 Å². The Balaban J connectivity index is 0.000000264. The van der Waals surface area contributed by atoms with Gasteiger partial charge in [-0.2, -0.15) is 0 Å². The van der Waals surface area contributed by atoms with Crippen molar-refractivity contribution in [3.63, 3.8) is 0 Å². The van der Waals surface area contributed by atoms with Gasteiger partial charge in [0.05, 0.1) is 0 Å². The molecule has 0 spiro atoms. The third-order valence-electron chi connectivity index (χ3n) is 9.02. The van der Waals surface area contributed by atoms with Crippen LogP contribution < -0.4 is 5.30 Å². The standard InChI is InChI=1S/C23H32O2P.C21H27I/c1-8-25-26(24)22-12-10-9-11-19(22)23-20(16(4)5)13-18(15(2)3)14-21(23)17(6)7;1-13(2)16-11-18(14(3)4)21(19(12-16)15(5)6)17-9-7-8-10-20(17)22/h9-17H,8H2,1-7H3;7-15H,1-6H3/q+1;. The van der Waals surface area contributed by atoms with Crippen molar-refractivity contribution < 1.29 is 9.09 Å². The van der Waals surface area contributed by atoms with Gasteiger partial charge < -0.3 is 0 Å². The van der Waals surface area contributed by atoms with E-state index in [1.54, 1.807) is 0 Å². The summed E-state index contributed by atoms with van der Waals surface area (Å²) in [5.41, 5.74) is 13.6. The van der Waals surface area contributed by atoms with Gasteiger partial charge in [-0.05, 0) is 138 Å². The summed E-state index contributed by atoms with van der Waals surface area (Å²) in [6.07, 6.45) is 0. The van der Waals surface area contributed by atoms with Crippen molar-refractivity contribution in [2.45, 2.75) is 126 Å². The Hall–Kier alpha value is -2.33. The van der Waals surface area contributed by atoms with E-state index in [9.17, 15) is 4.57 Å². The monoisotopic (exact) mass is 777 g/mol. The number of halogens is 1. The molecule has 0 bridgehead atoms. The number of hydrogen-bond acceptors (Lipinski definition) is 2. The molecule has 0 aliphatic heterocycles. The first-order chi connectivity index (χ1) is 22.6. The first-order valence-electron chi connectivity index (χ1n) is 17.9. The van der Waals surface area contributed by atoms with Gasteiger partial charge in [0.15, 0.2) is 0 Å². The van der Waals surface area contributed by atoms with Crippen molar-refractivity contribution in [1.29, 1.82) is 0 Å². The van der Waals surface area contributed by atoms with Crippen LogP contribution in [0.5, 0.6) is 0 Å². The molecule has 4 aromatic carbocycles. The summed E-state index contributed by atoms with van der Waals surface area (Å²) < 4.78 is 19.5. The average Bonchev–Trinajstić information content (AvgIpc) is 3.03. The summed E-state index contributed by atoms with van der Waals surface area (Å²) in [7, 11) is -1.85. The van der Waals surface area contributed by atoms with E-state index in [2.05, 4.69) is 160 Å². The van der Waals surface area contributed by atoms with E-state index in [4.69, 9.17) is 4.52 Å². The minimum Gasteiger partial charge on any atom is -0.142 e. The van der Waals surface area contributed by atoms with E-state index >= 15 is 0 Å². The Labute approximate surface area is 307 Å². The van der Waals surface area contributed by atoms with Gasteiger partial charge in [0.1, 0.15) is 6.61 Å². The second-order valence-electron chi connectivity index (χ2n) is 14.7. The molecule has 0 fully saturated rings. The van der Waals surface area contributed by atoms with Crippen LogP contribution in [0.4, 0.5) is 0 Å². The first kappa shape index (κ1) is 40.1. The van der Waals surface area contributed by atoms with Crippen molar-refractivity contribution in [2.75, 3.05) is 6.61 Å². The molecule has 0 aromatic heterocycles. The molecule has 4 heteroatoms. The highest BCUT2D eigenvalue weighted by Gasteiger charge is 2.29. The lowest BCUT2D eigenvalue weighted by Gasteiger charge is -2.23. The molecule has 258 valence electrons. The Kier molecular flexibility index (Phi) is 15.1. The van der Waals surface area contributed by atoms with Crippen molar-refractivity contribution in [3.8, 4) is 22.3 Å². The molecule has 0 aliphatic rings. The molecule has 4 aromatic rings. The predicted molar refractivity (Wildman–Crippen MR) is 220 cm³/mol. The minimum absolute atomic E-state index is 0.388. The van der Waals surface area contributed by atoms with Crippen molar-refractivity contribution in [3.05, 3.63) is 110 Å². The molecule has 2 nitrogen and oxygen atoms in total. The molecular formula is C44H59IO2P+. The quantitative estimate of drug-likeness (QED) is 0.112. The fourth-order valence-corrected chi connectivity index (χ4v) is 7.85. The lowest BCUT2D eigenvalue weighted by atomic mass is 9.82. The minimum atomic E-state index is -1.85. The molecule has 0 N–H and O–H groups in total. The summed E-state index contributed by atoms with van der Waals surface area (Å²) in [6.45, 7) is 29.6. The lowest BCUT2D eigenvalue weighted by molar-refractivity contribution is 0.357. The highest BCUT2D eigenvalue weighted by Crippen LogP contribution is 2.42. The molecule has 0 radical (unpaired) electrons. The molecule has 4 rings (SSSR count). The zero-order valence-corrected chi connectivity index (χ0v) is 34.8. The van der Waals surface area contributed by atoms with E-state index in [1.165, 1.54) is 53.6 Å². The number of benzene rings is 4. The topological polar surface area (TPSA) is 26.3 Å². The second-order valence-corrected chi connectivity index (χ2v) is 17.2. The molecule has 1 unspecified atom stereocenters. The van der Waals surface area contributed by atoms with Crippen LogP contribution in [-0.2, 0) is 9.09 Å². The van der Waals surface area contributed by atoms with E-state index in [-0.39, 0.29) is 0 Å². The Morgan fingerprint density at radius 3 is 1.25 bits per heavy atom. The second kappa shape index (κ2) is 18.1. The molecule has 0 saturated carbocycles. The fraction of sp³-hybridized carbons (Fsp3) is 0.455. The maximum Gasteiger partial charge on any atom is 0.549 e. The maximum absolute atomic E-state index is 12.7. The van der Waals surface area contributed by atoms with Crippen molar-refractivity contribution >= 4 is 35.9 Å². The SMILES string of the molecule is CC(C)c1cc(C(C)C)c(-c2ccccc2I)c(C(C)C)c1.CCO[P+](=O)c1ccccc1-c1c(C(C)C)cc(C(C)C)cc1C(C)C. The van der Waals surface area contributed by atoms with Crippen LogP contribution in [0, 0.1) is 3.57 Å². The molecule has 0 aliphatic carbocycles. The van der Waals surface area contributed by atoms with Crippen LogP contribution in [0.2, 0.25) is 0 Å².